The van der Waals surface area contributed by atoms with Crippen molar-refractivity contribution in [3.05, 3.63) is 18.0 Å². The van der Waals surface area contributed by atoms with Gasteiger partial charge < -0.3 is 10.6 Å². The van der Waals surface area contributed by atoms with Crippen LogP contribution in [-0.2, 0) is 0 Å². The normalized spacial score (nSPS) is 19.1. The van der Waals surface area contributed by atoms with Gasteiger partial charge in [0.1, 0.15) is 10.7 Å². The lowest BCUT2D eigenvalue weighted by atomic mass is 10.2. The van der Waals surface area contributed by atoms with E-state index in [1.54, 1.807) is 12.3 Å². The van der Waals surface area contributed by atoms with Gasteiger partial charge in [-0.3, -0.25) is 4.90 Å². The van der Waals surface area contributed by atoms with Crippen LogP contribution in [0, 0.1) is 0 Å². The number of hydrogen-bond acceptors (Lipinski definition) is 5. The van der Waals surface area contributed by atoms with Crippen LogP contribution in [0.25, 0.3) is 0 Å². The molecule has 0 amide bonds. The molecule has 1 atom stereocenters. The first-order valence-corrected chi connectivity index (χ1v) is 7.18. The van der Waals surface area contributed by atoms with Crippen LogP contribution in [0.15, 0.2) is 12.3 Å². The predicted octanol–water partition coefficient (Wildman–Crippen LogP) is 1.03. The van der Waals surface area contributed by atoms with Crippen LogP contribution in [0.1, 0.15) is 26.0 Å². The van der Waals surface area contributed by atoms with Gasteiger partial charge in [-0.2, -0.15) is 0 Å². The second-order valence-corrected chi connectivity index (χ2v) is 5.16. The highest BCUT2D eigenvalue weighted by Crippen LogP contribution is 2.19. The molecule has 5 nitrogen and oxygen atoms in total. The first-order chi connectivity index (χ1) is 9.15. The lowest BCUT2D eigenvalue weighted by Crippen LogP contribution is -2.37. The minimum atomic E-state index is 0.322. The highest BCUT2D eigenvalue weighted by atomic mass is 32.1. The number of nitrogens with zero attached hydrogens (tertiary/aromatic N) is 4. The summed E-state index contributed by atoms with van der Waals surface area (Å²) in [6.07, 6.45) is 2.88. The van der Waals surface area contributed by atoms with Crippen LogP contribution in [0.5, 0.6) is 0 Å². The molecule has 1 fully saturated rings. The van der Waals surface area contributed by atoms with Gasteiger partial charge in [0, 0.05) is 25.3 Å². The SMILES string of the molecule is CCN(CC)C1CCN(c2nccc(C(N)=S)n2)C1. The molecular weight excluding hydrogens is 258 g/mol. The third-order valence-electron chi connectivity index (χ3n) is 3.67. The number of thiocarbonyl (C=S) groups is 1. The largest absolute Gasteiger partial charge is 0.388 e. The van der Waals surface area contributed by atoms with E-state index in [9.17, 15) is 0 Å². The quantitative estimate of drug-likeness (QED) is 0.813. The Hall–Kier alpha value is -1.27. The first kappa shape index (κ1) is 14.1. The Balaban J connectivity index is 2.08. The van der Waals surface area contributed by atoms with Gasteiger partial charge in [-0.05, 0) is 25.6 Å². The van der Waals surface area contributed by atoms with E-state index >= 15 is 0 Å². The third-order valence-corrected chi connectivity index (χ3v) is 3.88. The summed E-state index contributed by atoms with van der Waals surface area (Å²) in [5, 5.41) is 0. The third kappa shape index (κ3) is 3.19. The highest BCUT2D eigenvalue weighted by molar-refractivity contribution is 7.80. The number of anilines is 1. The van der Waals surface area contributed by atoms with Crippen molar-refractivity contribution in [2.75, 3.05) is 31.1 Å². The highest BCUT2D eigenvalue weighted by Gasteiger charge is 2.27. The van der Waals surface area contributed by atoms with Crippen LogP contribution in [0.3, 0.4) is 0 Å². The standard InChI is InChI=1S/C13H21N5S/c1-3-17(4-2)10-6-8-18(9-10)13-15-7-5-11(16-13)12(14)19/h5,7,10H,3-4,6,8-9H2,1-2H3,(H2,14,19). The van der Waals surface area contributed by atoms with Gasteiger partial charge in [0.15, 0.2) is 0 Å². The Labute approximate surface area is 119 Å². The van der Waals surface area contributed by atoms with Gasteiger partial charge >= 0.3 is 0 Å². The number of aromatic nitrogens is 2. The summed E-state index contributed by atoms with van der Waals surface area (Å²) in [7, 11) is 0. The molecule has 0 saturated carbocycles. The average Bonchev–Trinajstić information content (AvgIpc) is 2.90. The van der Waals surface area contributed by atoms with Gasteiger partial charge in [-0.15, -0.1) is 0 Å². The van der Waals surface area contributed by atoms with Crippen LogP contribution in [0.4, 0.5) is 5.95 Å². The number of likely N-dealkylation sites (N-methyl/N-ethyl adjacent to an activating group) is 1. The summed E-state index contributed by atoms with van der Waals surface area (Å²) in [6, 6.07) is 2.34. The Bertz CT molecular complexity index is 446. The first-order valence-electron chi connectivity index (χ1n) is 6.77. The zero-order chi connectivity index (χ0) is 13.8. The fourth-order valence-corrected chi connectivity index (χ4v) is 2.71. The fourth-order valence-electron chi connectivity index (χ4n) is 2.60. The van der Waals surface area contributed by atoms with Crippen molar-refractivity contribution in [3.63, 3.8) is 0 Å². The van der Waals surface area contributed by atoms with E-state index < -0.39 is 0 Å². The van der Waals surface area contributed by atoms with E-state index in [0.717, 1.165) is 38.5 Å². The van der Waals surface area contributed by atoms with E-state index in [1.807, 2.05) is 0 Å². The molecule has 2 heterocycles. The van der Waals surface area contributed by atoms with Crippen LogP contribution in [-0.4, -0.2) is 52.1 Å². The van der Waals surface area contributed by atoms with Crippen molar-refractivity contribution < 1.29 is 0 Å². The molecule has 1 aromatic heterocycles. The molecule has 2 rings (SSSR count). The van der Waals surface area contributed by atoms with Crippen molar-refractivity contribution in [2.45, 2.75) is 26.3 Å². The molecule has 19 heavy (non-hydrogen) atoms. The summed E-state index contributed by atoms with van der Waals surface area (Å²) in [5.74, 6) is 0.736. The maximum Gasteiger partial charge on any atom is 0.225 e. The summed E-state index contributed by atoms with van der Waals surface area (Å²) in [4.78, 5) is 13.8. The molecule has 0 aromatic carbocycles. The van der Waals surface area contributed by atoms with E-state index in [4.69, 9.17) is 18.0 Å². The summed E-state index contributed by atoms with van der Waals surface area (Å²) >= 11 is 4.96. The van der Waals surface area contributed by atoms with Crippen molar-refractivity contribution >= 4 is 23.2 Å². The van der Waals surface area contributed by atoms with Gasteiger partial charge in [0.2, 0.25) is 5.95 Å². The minimum Gasteiger partial charge on any atom is -0.388 e. The van der Waals surface area contributed by atoms with Crippen molar-refractivity contribution in [3.8, 4) is 0 Å². The summed E-state index contributed by atoms with van der Waals surface area (Å²) in [5.41, 5.74) is 6.26. The smallest absolute Gasteiger partial charge is 0.225 e. The summed E-state index contributed by atoms with van der Waals surface area (Å²) in [6.45, 7) is 8.54. The van der Waals surface area contributed by atoms with Crippen LogP contribution in [0.2, 0.25) is 0 Å². The number of rotatable bonds is 5. The Morgan fingerprint density at radius 1 is 1.53 bits per heavy atom. The molecule has 0 spiro atoms. The molecule has 0 radical (unpaired) electrons. The predicted molar refractivity (Wildman–Crippen MR) is 81.5 cm³/mol. The van der Waals surface area contributed by atoms with Gasteiger partial charge in [0.25, 0.3) is 0 Å². The molecule has 1 saturated heterocycles. The van der Waals surface area contributed by atoms with Gasteiger partial charge in [0.05, 0.1) is 0 Å². The average molecular weight is 279 g/mol. The number of hydrogen-bond donors (Lipinski definition) is 1. The lowest BCUT2D eigenvalue weighted by molar-refractivity contribution is 0.232. The topological polar surface area (TPSA) is 58.3 Å². The molecule has 1 aliphatic heterocycles. The lowest BCUT2D eigenvalue weighted by Gasteiger charge is -2.26. The summed E-state index contributed by atoms with van der Waals surface area (Å²) < 4.78 is 0. The molecule has 0 bridgehead atoms. The fraction of sp³-hybridized carbons (Fsp3) is 0.615. The second-order valence-electron chi connectivity index (χ2n) is 4.72. The zero-order valence-electron chi connectivity index (χ0n) is 11.5. The molecule has 1 aromatic rings. The van der Waals surface area contributed by atoms with E-state index in [-0.39, 0.29) is 0 Å². The van der Waals surface area contributed by atoms with E-state index in [1.165, 1.54) is 0 Å². The maximum atomic E-state index is 5.61. The molecule has 0 aliphatic carbocycles. The van der Waals surface area contributed by atoms with Crippen molar-refractivity contribution in [1.82, 2.24) is 14.9 Å². The number of nitrogens with two attached hydrogens (primary N) is 1. The maximum absolute atomic E-state index is 5.61. The minimum absolute atomic E-state index is 0.322. The molecule has 104 valence electrons. The van der Waals surface area contributed by atoms with E-state index in [0.29, 0.717) is 16.7 Å². The van der Waals surface area contributed by atoms with E-state index in [2.05, 4.69) is 33.6 Å². The van der Waals surface area contributed by atoms with Crippen molar-refractivity contribution in [1.29, 1.82) is 0 Å². The van der Waals surface area contributed by atoms with Crippen LogP contribution >= 0.6 is 12.2 Å². The van der Waals surface area contributed by atoms with Gasteiger partial charge in [-0.1, -0.05) is 26.1 Å². The molecule has 6 heteroatoms. The zero-order valence-corrected chi connectivity index (χ0v) is 12.4. The molecule has 1 unspecified atom stereocenters. The molecule has 1 aliphatic rings. The van der Waals surface area contributed by atoms with Crippen molar-refractivity contribution in [2.24, 2.45) is 5.73 Å². The monoisotopic (exact) mass is 279 g/mol. The van der Waals surface area contributed by atoms with Gasteiger partial charge in [-0.25, -0.2) is 9.97 Å². The Kier molecular flexibility index (Phi) is 4.66. The molecular formula is C13H21N5S. The van der Waals surface area contributed by atoms with Crippen LogP contribution < -0.4 is 10.6 Å². The molecule has 2 N–H and O–H groups in total. The Morgan fingerprint density at radius 3 is 2.89 bits per heavy atom. The Morgan fingerprint density at radius 2 is 2.26 bits per heavy atom. The second kappa shape index (κ2) is 6.25.